The third kappa shape index (κ3) is 4.36. The summed E-state index contributed by atoms with van der Waals surface area (Å²) in [6.45, 7) is 4.99. The second-order valence-corrected chi connectivity index (χ2v) is 9.35. The van der Waals surface area contributed by atoms with Gasteiger partial charge in [0.25, 0.3) is 0 Å². The zero-order valence-corrected chi connectivity index (χ0v) is 17.4. The highest BCUT2D eigenvalue weighted by molar-refractivity contribution is 7.16. The Morgan fingerprint density at radius 3 is 1.85 bits per heavy atom. The van der Waals surface area contributed by atoms with Gasteiger partial charge in [0.1, 0.15) is 11.5 Å². The first kappa shape index (κ1) is 18.7. The molecule has 3 rings (SSSR count). The number of rotatable bonds is 7. The standard InChI is InChI=1S/C21H23O3SSi/c1-22-17-9-5-15(6-10-17)20-13-19(14-24-26(3)4)25-21(20)16-7-11-18(23-2)12-8-16/h5-13H,14H2,1-4H3. The minimum atomic E-state index is -0.708. The summed E-state index contributed by atoms with van der Waals surface area (Å²) in [5.74, 6) is 1.73. The minimum Gasteiger partial charge on any atom is -0.497 e. The van der Waals surface area contributed by atoms with Gasteiger partial charge >= 0.3 is 0 Å². The fraction of sp³-hybridized carbons (Fsp3) is 0.238. The van der Waals surface area contributed by atoms with Crippen LogP contribution in [0.5, 0.6) is 11.5 Å². The van der Waals surface area contributed by atoms with Gasteiger partial charge in [-0.25, -0.2) is 0 Å². The van der Waals surface area contributed by atoms with E-state index in [1.165, 1.54) is 26.4 Å². The van der Waals surface area contributed by atoms with E-state index >= 15 is 0 Å². The topological polar surface area (TPSA) is 27.7 Å². The molecular weight excluding hydrogens is 360 g/mol. The van der Waals surface area contributed by atoms with Crippen LogP contribution in [0, 0.1) is 0 Å². The highest BCUT2D eigenvalue weighted by Gasteiger charge is 2.14. The van der Waals surface area contributed by atoms with Gasteiger partial charge in [0.15, 0.2) is 0 Å². The Labute approximate surface area is 160 Å². The van der Waals surface area contributed by atoms with Crippen molar-refractivity contribution in [3.63, 3.8) is 0 Å². The van der Waals surface area contributed by atoms with Crippen LogP contribution in [0.2, 0.25) is 13.1 Å². The van der Waals surface area contributed by atoms with Gasteiger partial charge in [-0.15, -0.1) is 11.3 Å². The van der Waals surface area contributed by atoms with Crippen molar-refractivity contribution >= 4 is 20.4 Å². The van der Waals surface area contributed by atoms with Gasteiger partial charge in [-0.1, -0.05) is 12.1 Å². The Morgan fingerprint density at radius 1 is 0.808 bits per heavy atom. The number of thiophene rings is 1. The first-order valence-corrected chi connectivity index (χ1v) is 11.7. The second kappa shape index (κ2) is 8.53. The number of hydrogen-bond donors (Lipinski definition) is 0. The van der Waals surface area contributed by atoms with Crippen LogP contribution >= 0.6 is 11.3 Å². The zero-order valence-electron chi connectivity index (χ0n) is 15.5. The molecule has 0 aliphatic carbocycles. The maximum absolute atomic E-state index is 5.91. The van der Waals surface area contributed by atoms with Crippen LogP contribution in [-0.2, 0) is 11.0 Å². The van der Waals surface area contributed by atoms with E-state index in [0.717, 1.165) is 11.5 Å². The summed E-state index contributed by atoms with van der Waals surface area (Å²) in [5.41, 5.74) is 3.59. The van der Waals surface area contributed by atoms with E-state index in [-0.39, 0.29) is 0 Å². The molecule has 2 aromatic carbocycles. The van der Waals surface area contributed by atoms with Gasteiger partial charge in [0.2, 0.25) is 9.04 Å². The molecule has 135 valence electrons. The van der Waals surface area contributed by atoms with Crippen molar-refractivity contribution in [1.29, 1.82) is 0 Å². The lowest BCUT2D eigenvalue weighted by molar-refractivity contribution is 0.318. The largest absolute Gasteiger partial charge is 0.497 e. The SMILES string of the molecule is COc1ccc(-c2cc(CO[Si](C)C)sc2-c2ccc(OC)cc2)cc1. The molecule has 1 radical (unpaired) electrons. The lowest BCUT2D eigenvalue weighted by Gasteiger charge is -2.07. The van der Waals surface area contributed by atoms with Crippen molar-refractivity contribution in [1.82, 2.24) is 0 Å². The lowest BCUT2D eigenvalue weighted by atomic mass is 10.0. The van der Waals surface area contributed by atoms with E-state index in [1.54, 1.807) is 25.6 Å². The van der Waals surface area contributed by atoms with Gasteiger partial charge in [-0.2, -0.15) is 0 Å². The van der Waals surface area contributed by atoms with E-state index < -0.39 is 9.04 Å². The number of methoxy groups -OCH3 is 2. The Bertz CT molecular complexity index is 774. The van der Waals surface area contributed by atoms with Crippen LogP contribution in [0.4, 0.5) is 0 Å². The van der Waals surface area contributed by atoms with E-state index in [0.29, 0.717) is 6.61 Å². The van der Waals surface area contributed by atoms with Gasteiger partial charge in [-0.3, -0.25) is 0 Å². The van der Waals surface area contributed by atoms with Crippen LogP contribution in [0.3, 0.4) is 0 Å². The van der Waals surface area contributed by atoms with Crippen molar-refractivity contribution in [3.05, 3.63) is 59.5 Å². The molecule has 0 fully saturated rings. The molecule has 0 saturated heterocycles. The summed E-state index contributed by atoms with van der Waals surface area (Å²) in [6.07, 6.45) is 0. The highest BCUT2D eigenvalue weighted by atomic mass is 32.1. The summed E-state index contributed by atoms with van der Waals surface area (Å²) >= 11 is 1.79. The summed E-state index contributed by atoms with van der Waals surface area (Å²) in [6, 6.07) is 18.7. The van der Waals surface area contributed by atoms with Gasteiger partial charge in [-0.05, 0) is 66.7 Å². The molecule has 0 aliphatic rings. The molecule has 0 N–H and O–H groups in total. The average Bonchev–Trinajstić information content (AvgIpc) is 3.11. The van der Waals surface area contributed by atoms with Crippen molar-refractivity contribution in [2.24, 2.45) is 0 Å². The molecule has 5 heteroatoms. The molecule has 1 aromatic heterocycles. The molecule has 26 heavy (non-hydrogen) atoms. The summed E-state index contributed by atoms with van der Waals surface area (Å²) in [7, 11) is 2.67. The smallest absolute Gasteiger partial charge is 0.205 e. The van der Waals surface area contributed by atoms with Gasteiger partial charge in [0, 0.05) is 15.3 Å². The van der Waals surface area contributed by atoms with Crippen LogP contribution < -0.4 is 9.47 Å². The number of benzene rings is 2. The van der Waals surface area contributed by atoms with Crippen molar-refractivity contribution in [2.45, 2.75) is 19.7 Å². The van der Waals surface area contributed by atoms with Crippen LogP contribution in [0.25, 0.3) is 21.6 Å². The summed E-state index contributed by atoms with van der Waals surface area (Å²) in [5, 5.41) is 0. The maximum atomic E-state index is 5.91. The second-order valence-electron chi connectivity index (χ2n) is 6.11. The Balaban J connectivity index is 2.01. The summed E-state index contributed by atoms with van der Waals surface area (Å²) < 4.78 is 16.5. The third-order valence-electron chi connectivity index (χ3n) is 4.04. The van der Waals surface area contributed by atoms with Crippen LogP contribution in [-0.4, -0.2) is 23.3 Å². The monoisotopic (exact) mass is 383 g/mol. The molecule has 0 aliphatic heterocycles. The molecule has 0 spiro atoms. The normalized spacial score (nSPS) is 11.0. The third-order valence-corrected chi connectivity index (χ3v) is 5.92. The Hall–Kier alpha value is -2.08. The molecule has 0 amide bonds. The molecule has 3 nitrogen and oxygen atoms in total. The maximum Gasteiger partial charge on any atom is 0.205 e. The van der Waals surface area contributed by atoms with Crippen molar-refractivity contribution < 1.29 is 13.9 Å². The first-order chi connectivity index (χ1) is 12.6. The molecule has 1 heterocycles. The average molecular weight is 384 g/mol. The predicted molar refractivity (Wildman–Crippen MR) is 111 cm³/mol. The molecule has 0 atom stereocenters. The highest BCUT2D eigenvalue weighted by Crippen LogP contribution is 2.40. The van der Waals surface area contributed by atoms with E-state index in [4.69, 9.17) is 13.9 Å². The zero-order chi connectivity index (χ0) is 18.5. The van der Waals surface area contributed by atoms with Crippen LogP contribution in [0.1, 0.15) is 4.88 Å². The van der Waals surface area contributed by atoms with Gasteiger partial charge < -0.3 is 13.9 Å². The fourth-order valence-corrected chi connectivity index (χ4v) is 4.32. The fourth-order valence-electron chi connectivity index (χ4n) is 2.67. The lowest BCUT2D eigenvalue weighted by Crippen LogP contribution is -2.06. The van der Waals surface area contributed by atoms with E-state index in [9.17, 15) is 0 Å². The molecule has 0 saturated carbocycles. The first-order valence-electron chi connectivity index (χ1n) is 8.45. The molecular formula is C21H23O3SSi. The quantitative estimate of drug-likeness (QED) is 0.478. The summed E-state index contributed by atoms with van der Waals surface area (Å²) in [4.78, 5) is 2.49. The van der Waals surface area contributed by atoms with Crippen LogP contribution in [0.15, 0.2) is 54.6 Å². The number of hydrogen-bond acceptors (Lipinski definition) is 4. The Morgan fingerprint density at radius 2 is 1.35 bits per heavy atom. The molecule has 3 aromatic rings. The predicted octanol–water partition coefficient (Wildman–Crippen LogP) is 5.87. The van der Waals surface area contributed by atoms with Gasteiger partial charge in [0.05, 0.1) is 20.8 Å². The molecule has 0 bridgehead atoms. The van der Waals surface area contributed by atoms with Crippen molar-refractivity contribution in [3.8, 4) is 33.1 Å². The Kier molecular flexibility index (Phi) is 6.14. The number of ether oxygens (including phenoxy) is 2. The molecule has 0 unspecified atom stereocenters. The van der Waals surface area contributed by atoms with E-state index in [2.05, 4.69) is 43.4 Å². The van der Waals surface area contributed by atoms with E-state index in [1.807, 2.05) is 24.3 Å². The van der Waals surface area contributed by atoms with Crippen molar-refractivity contribution in [2.75, 3.05) is 14.2 Å². The minimum absolute atomic E-state index is 0.672.